The van der Waals surface area contributed by atoms with Crippen LogP contribution in [0.3, 0.4) is 0 Å². The highest BCUT2D eigenvalue weighted by atomic mass is 16.2. The van der Waals surface area contributed by atoms with Crippen LogP contribution in [0.4, 0.5) is 4.79 Å². The molecule has 1 aliphatic carbocycles. The van der Waals surface area contributed by atoms with Crippen LogP contribution in [0.25, 0.3) is 0 Å². The lowest BCUT2D eigenvalue weighted by Crippen LogP contribution is -2.50. The molecule has 0 saturated carbocycles. The minimum atomic E-state index is 0.0118. The summed E-state index contributed by atoms with van der Waals surface area (Å²) < 4.78 is 0. The molecule has 1 aromatic heterocycles. The van der Waals surface area contributed by atoms with Crippen molar-refractivity contribution in [3.05, 3.63) is 17.0 Å². The molecule has 2 heterocycles. The van der Waals surface area contributed by atoms with E-state index in [1.54, 1.807) is 4.90 Å². The summed E-state index contributed by atoms with van der Waals surface area (Å²) >= 11 is 0. The molecule has 1 saturated heterocycles. The summed E-state index contributed by atoms with van der Waals surface area (Å²) in [5.41, 5.74) is 3.62. The average molecular weight is 305 g/mol. The number of rotatable bonds is 4. The standard InChI is InChI=1S/C16H27N5O/c1-3-21-9-5-6-12(10-21)17-16(22)20(2)11-15-13-7-4-8-14(13)18-19-15/h12H,3-11H2,1-2H3,(H,17,22)(H,18,19)/t12-/m1/s1. The maximum absolute atomic E-state index is 12.4. The third-order valence-corrected chi connectivity index (χ3v) is 4.91. The monoisotopic (exact) mass is 305 g/mol. The van der Waals surface area contributed by atoms with Crippen LogP contribution in [-0.2, 0) is 19.4 Å². The Morgan fingerprint density at radius 2 is 2.32 bits per heavy atom. The predicted octanol–water partition coefficient (Wildman–Crippen LogP) is 1.52. The zero-order chi connectivity index (χ0) is 15.5. The van der Waals surface area contributed by atoms with Crippen molar-refractivity contribution in [1.82, 2.24) is 25.3 Å². The summed E-state index contributed by atoms with van der Waals surface area (Å²) in [6.07, 6.45) is 5.61. The Kier molecular flexibility index (Phi) is 4.66. The number of nitrogens with zero attached hydrogens (tertiary/aromatic N) is 3. The molecule has 122 valence electrons. The van der Waals surface area contributed by atoms with E-state index >= 15 is 0 Å². The van der Waals surface area contributed by atoms with E-state index in [4.69, 9.17) is 0 Å². The van der Waals surface area contributed by atoms with Crippen molar-refractivity contribution >= 4 is 6.03 Å². The van der Waals surface area contributed by atoms with E-state index in [1.165, 1.54) is 17.7 Å². The number of aromatic nitrogens is 2. The van der Waals surface area contributed by atoms with E-state index < -0.39 is 0 Å². The maximum Gasteiger partial charge on any atom is 0.317 e. The number of carbonyl (C=O) groups excluding carboxylic acids is 1. The van der Waals surface area contributed by atoms with Crippen LogP contribution in [0.15, 0.2) is 0 Å². The van der Waals surface area contributed by atoms with Gasteiger partial charge in [-0.3, -0.25) is 5.10 Å². The Bertz CT molecular complexity index is 527. The van der Waals surface area contributed by atoms with E-state index in [-0.39, 0.29) is 12.1 Å². The molecule has 0 unspecified atom stereocenters. The van der Waals surface area contributed by atoms with Gasteiger partial charge in [-0.05, 0) is 50.8 Å². The van der Waals surface area contributed by atoms with Gasteiger partial charge in [0.15, 0.2) is 0 Å². The van der Waals surface area contributed by atoms with Gasteiger partial charge in [-0.15, -0.1) is 0 Å². The second-order valence-corrected chi connectivity index (χ2v) is 6.52. The topological polar surface area (TPSA) is 64.3 Å². The van der Waals surface area contributed by atoms with Crippen molar-refractivity contribution in [3.8, 4) is 0 Å². The highest BCUT2D eigenvalue weighted by molar-refractivity contribution is 5.74. The SMILES string of the molecule is CCN1CCC[C@@H](NC(=O)N(C)Cc2n[nH]c3c2CCC3)C1. The predicted molar refractivity (Wildman–Crippen MR) is 85.7 cm³/mol. The van der Waals surface area contributed by atoms with Gasteiger partial charge >= 0.3 is 6.03 Å². The number of amides is 2. The van der Waals surface area contributed by atoms with Crippen LogP contribution in [0.5, 0.6) is 0 Å². The number of fused-ring (bicyclic) bond motifs is 1. The normalized spacial score (nSPS) is 21.6. The van der Waals surface area contributed by atoms with Crippen molar-refractivity contribution in [2.75, 3.05) is 26.7 Å². The van der Waals surface area contributed by atoms with Gasteiger partial charge in [0.25, 0.3) is 0 Å². The van der Waals surface area contributed by atoms with E-state index in [2.05, 4.69) is 27.3 Å². The van der Waals surface area contributed by atoms with Gasteiger partial charge in [0.05, 0.1) is 12.2 Å². The van der Waals surface area contributed by atoms with E-state index in [1.807, 2.05) is 7.05 Å². The number of nitrogens with one attached hydrogen (secondary N) is 2. The number of likely N-dealkylation sites (tertiary alicyclic amines) is 1. The number of hydrogen-bond donors (Lipinski definition) is 2. The quantitative estimate of drug-likeness (QED) is 0.886. The number of likely N-dealkylation sites (N-methyl/N-ethyl adjacent to an activating group) is 1. The molecule has 2 aliphatic rings. The van der Waals surface area contributed by atoms with Crippen LogP contribution in [0, 0.1) is 0 Å². The molecule has 1 aromatic rings. The Balaban J connectivity index is 1.53. The van der Waals surface area contributed by atoms with Crippen LogP contribution >= 0.6 is 0 Å². The Hall–Kier alpha value is -1.56. The van der Waals surface area contributed by atoms with E-state index in [9.17, 15) is 4.79 Å². The summed E-state index contributed by atoms with van der Waals surface area (Å²) in [5.74, 6) is 0. The second-order valence-electron chi connectivity index (χ2n) is 6.52. The van der Waals surface area contributed by atoms with E-state index in [0.717, 1.165) is 51.0 Å². The molecule has 0 bridgehead atoms. The average Bonchev–Trinajstić information content (AvgIpc) is 3.12. The van der Waals surface area contributed by atoms with Crippen molar-refractivity contribution in [2.45, 2.75) is 51.6 Å². The molecule has 1 aliphatic heterocycles. The third-order valence-electron chi connectivity index (χ3n) is 4.91. The summed E-state index contributed by atoms with van der Waals surface area (Å²) in [4.78, 5) is 16.5. The van der Waals surface area contributed by atoms with Crippen molar-refractivity contribution in [1.29, 1.82) is 0 Å². The van der Waals surface area contributed by atoms with Gasteiger partial charge < -0.3 is 15.1 Å². The number of carbonyl (C=O) groups is 1. The van der Waals surface area contributed by atoms with Gasteiger partial charge in [-0.2, -0.15) is 5.10 Å². The lowest BCUT2D eigenvalue weighted by atomic mass is 10.1. The largest absolute Gasteiger partial charge is 0.334 e. The summed E-state index contributed by atoms with van der Waals surface area (Å²) in [5, 5.41) is 10.7. The Morgan fingerprint density at radius 3 is 3.14 bits per heavy atom. The molecular formula is C16H27N5O. The number of piperidine rings is 1. The minimum absolute atomic E-state index is 0.0118. The number of urea groups is 1. The third kappa shape index (κ3) is 3.27. The van der Waals surface area contributed by atoms with Gasteiger partial charge in [0.2, 0.25) is 0 Å². The van der Waals surface area contributed by atoms with Gasteiger partial charge in [0, 0.05) is 25.3 Å². The first-order valence-corrected chi connectivity index (χ1v) is 8.46. The summed E-state index contributed by atoms with van der Waals surface area (Å²) in [7, 11) is 1.85. The van der Waals surface area contributed by atoms with Crippen LogP contribution in [-0.4, -0.2) is 58.8 Å². The number of aromatic amines is 1. The first kappa shape index (κ1) is 15.3. The zero-order valence-electron chi connectivity index (χ0n) is 13.7. The highest BCUT2D eigenvalue weighted by Gasteiger charge is 2.24. The summed E-state index contributed by atoms with van der Waals surface area (Å²) in [6.45, 7) is 5.93. The molecule has 2 N–H and O–H groups in total. The Labute approximate surface area is 132 Å². The van der Waals surface area contributed by atoms with E-state index in [0.29, 0.717) is 6.54 Å². The van der Waals surface area contributed by atoms with Crippen LogP contribution in [0.2, 0.25) is 0 Å². The smallest absolute Gasteiger partial charge is 0.317 e. The molecule has 1 atom stereocenters. The second kappa shape index (κ2) is 6.69. The van der Waals surface area contributed by atoms with Crippen molar-refractivity contribution in [2.24, 2.45) is 0 Å². The van der Waals surface area contributed by atoms with Crippen LogP contribution < -0.4 is 5.32 Å². The fourth-order valence-electron chi connectivity index (χ4n) is 3.56. The molecule has 22 heavy (non-hydrogen) atoms. The molecule has 1 fully saturated rings. The van der Waals surface area contributed by atoms with Gasteiger partial charge in [-0.1, -0.05) is 6.92 Å². The number of hydrogen-bond acceptors (Lipinski definition) is 3. The molecule has 0 radical (unpaired) electrons. The molecular weight excluding hydrogens is 278 g/mol. The van der Waals surface area contributed by atoms with Gasteiger partial charge in [-0.25, -0.2) is 4.79 Å². The first-order chi connectivity index (χ1) is 10.7. The van der Waals surface area contributed by atoms with Crippen LogP contribution in [0.1, 0.15) is 43.1 Å². The number of H-pyrrole nitrogens is 1. The highest BCUT2D eigenvalue weighted by Crippen LogP contribution is 2.23. The summed E-state index contributed by atoms with van der Waals surface area (Å²) in [6, 6.07) is 0.284. The molecule has 3 rings (SSSR count). The van der Waals surface area contributed by atoms with Gasteiger partial charge in [0.1, 0.15) is 0 Å². The molecule has 6 nitrogen and oxygen atoms in total. The van der Waals surface area contributed by atoms with Crippen molar-refractivity contribution < 1.29 is 4.79 Å². The first-order valence-electron chi connectivity index (χ1n) is 8.46. The molecule has 0 spiro atoms. The van der Waals surface area contributed by atoms with Crippen molar-refractivity contribution in [3.63, 3.8) is 0 Å². The minimum Gasteiger partial charge on any atom is -0.334 e. The molecule has 6 heteroatoms. The lowest BCUT2D eigenvalue weighted by molar-refractivity contribution is 0.175. The number of aryl methyl sites for hydroxylation is 1. The fraction of sp³-hybridized carbons (Fsp3) is 0.750. The maximum atomic E-state index is 12.4. The fourth-order valence-corrected chi connectivity index (χ4v) is 3.56. The zero-order valence-corrected chi connectivity index (χ0v) is 13.7. The lowest BCUT2D eigenvalue weighted by Gasteiger charge is -2.33. The molecule has 0 aromatic carbocycles. The Morgan fingerprint density at radius 1 is 1.45 bits per heavy atom. The molecule has 2 amide bonds.